The quantitative estimate of drug-likeness (QED) is 0.171. The second-order valence-corrected chi connectivity index (χ2v) is 14.5. The molecule has 0 aliphatic rings. The maximum Gasteiger partial charge on any atom is 0.160 e. The van der Waals surface area contributed by atoms with E-state index in [1.54, 1.807) is 0 Å². The van der Waals surface area contributed by atoms with Crippen LogP contribution in [0.4, 0.5) is 17.1 Å². The van der Waals surface area contributed by atoms with Gasteiger partial charge in [-0.15, -0.1) is 0 Å². The van der Waals surface area contributed by atoms with Crippen molar-refractivity contribution >= 4 is 71.3 Å². The normalized spacial score (nSPS) is 11.6. The molecule has 11 rings (SSSR count). The molecule has 2 heteroatoms. The number of rotatable bonds is 6. The van der Waals surface area contributed by atoms with E-state index in [0.717, 1.165) is 60.9 Å². The summed E-state index contributed by atoms with van der Waals surface area (Å²) in [7, 11) is 0. The van der Waals surface area contributed by atoms with E-state index in [0.29, 0.717) is 0 Å². The maximum atomic E-state index is 7.16. The molecular weight excluding hydrogens is 679 g/mol. The van der Waals surface area contributed by atoms with Crippen LogP contribution in [0.3, 0.4) is 0 Å². The van der Waals surface area contributed by atoms with Crippen molar-refractivity contribution in [3.8, 4) is 33.4 Å². The fourth-order valence-corrected chi connectivity index (χ4v) is 8.49. The third kappa shape index (κ3) is 5.34. The monoisotopic (exact) mass is 713 g/mol. The van der Waals surface area contributed by atoms with Gasteiger partial charge in [0, 0.05) is 27.5 Å². The first kappa shape index (κ1) is 32.0. The summed E-state index contributed by atoms with van der Waals surface area (Å²) in [6.07, 6.45) is 0. The summed E-state index contributed by atoms with van der Waals surface area (Å²) in [5.74, 6) is 0. The third-order valence-electron chi connectivity index (χ3n) is 11.3. The van der Waals surface area contributed by atoms with Crippen LogP contribution in [0, 0.1) is 0 Å². The van der Waals surface area contributed by atoms with Gasteiger partial charge in [-0.05, 0) is 96.7 Å². The van der Waals surface area contributed by atoms with E-state index in [4.69, 9.17) is 4.42 Å². The number of fused-ring (bicyclic) bond motifs is 7. The molecule has 10 aromatic carbocycles. The van der Waals surface area contributed by atoms with Gasteiger partial charge in [-0.3, -0.25) is 0 Å². The minimum Gasteiger partial charge on any atom is -0.453 e. The predicted octanol–water partition coefficient (Wildman–Crippen LogP) is 15.5. The van der Waals surface area contributed by atoms with Crippen molar-refractivity contribution in [3.63, 3.8) is 0 Å². The Bertz CT molecular complexity index is 3230. The topological polar surface area (TPSA) is 16.4 Å². The Morgan fingerprint density at radius 3 is 1.66 bits per heavy atom. The smallest absolute Gasteiger partial charge is 0.160 e. The highest BCUT2D eigenvalue weighted by molar-refractivity contribution is 6.22. The highest BCUT2D eigenvalue weighted by Gasteiger charge is 2.23. The molecular formula is C54H35NO. The lowest BCUT2D eigenvalue weighted by atomic mass is 9.94. The van der Waals surface area contributed by atoms with Gasteiger partial charge in [-0.1, -0.05) is 176 Å². The van der Waals surface area contributed by atoms with Crippen molar-refractivity contribution in [1.82, 2.24) is 0 Å². The molecule has 0 fully saturated rings. The van der Waals surface area contributed by atoms with E-state index in [1.165, 1.54) is 43.8 Å². The van der Waals surface area contributed by atoms with Crippen LogP contribution in [-0.4, -0.2) is 0 Å². The second-order valence-electron chi connectivity index (χ2n) is 14.5. The summed E-state index contributed by atoms with van der Waals surface area (Å²) in [4.78, 5) is 2.35. The summed E-state index contributed by atoms with van der Waals surface area (Å²) in [6, 6.07) is 76.3. The van der Waals surface area contributed by atoms with Crippen LogP contribution in [-0.2, 0) is 0 Å². The van der Waals surface area contributed by atoms with Crippen LogP contribution >= 0.6 is 0 Å². The molecule has 262 valence electrons. The van der Waals surface area contributed by atoms with Crippen molar-refractivity contribution in [2.75, 3.05) is 4.90 Å². The molecule has 0 saturated heterocycles. The van der Waals surface area contributed by atoms with E-state index in [9.17, 15) is 0 Å². The Kier molecular flexibility index (Phi) is 7.53. The molecule has 11 aromatic rings. The minimum absolute atomic E-state index is 0.854. The van der Waals surface area contributed by atoms with Gasteiger partial charge in [-0.2, -0.15) is 0 Å². The zero-order valence-electron chi connectivity index (χ0n) is 30.6. The van der Waals surface area contributed by atoms with Crippen LogP contribution in [0.5, 0.6) is 0 Å². The minimum atomic E-state index is 0.854. The standard InChI is InChI=1S/C54H35NO/c1-2-11-36(12-3-1)38-25-29-44(30-26-38)55(45-31-27-37-13-4-5-16-43(37)35-45)51-34-33-48(52-50-32-28-40-15-7-9-19-49(40)53(50)56-54(51)52)42-23-21-41(22-24-42)47-20-10-17-39-14-6-8-18-46(39)47/h1-35H. The van der Waals surface area contributed by atoms with Crippen LogP contribution in [0.15, 0.2) is 217 Å². The van der Waals surface area contributed by atoms with Gasteiger partial charge in [-0.25, -0.2) is 0 Å². The zero-order chi connectivity index (χ0) is 37.0. The molecule has 0 N–H and O–H groups in total. The largest absolute Gasteiger partial charge is 0.453 e. The number of hydrogen-bond acceptors (Lipinski definition) is 2. The molecule has 56 heavy (non-hydrogen) atoms. The summed E-state index contributed by atoms with van der Waals surface area (Å²) in [5, 5.41) is 9.36. The lowest BCUT2D eigenvalue weighted by molar-refractivity contribution is 0.673. The van der Waals surface area contributed by atoms with E-state index < -0.39 is 0 Å². The first-order valence-corrected chi connectivity index (χ1v) is 19.2. The van der Waals surface area contributed by atoms with Crippen LogP contribution in [0.2, 0.25) is 0 Å². The van der Waals surface area contributed by atoms with E-state index in [2.05, 4.69) is 217 Å². The Hall–Kier alpha value is -7.42. The molecule has 0 radical (unpaired) electrons. The Labute approximate surface area is 325 Å². The molecule has 0 amide bonds. The van der Waals surface area contributed by atoms with Crippen molar-refractivity contribution in [3.05, 3.63) is 212 Å². The summed E-state index contributed by atoms with van der Waals surface area (Å²) >= 11 is 0. The SMILES string of the molecule is c1ccc(-c2ccc(N(c3ccc4ccccc4c3)c3ccc(-c4ccc(-c5cccc6ccccc56)cc4)c4c3oc3c5ccccc5ccc34)cc2)cc1. The molecule has 0 aliphatic carbocycles. The van der Waals surface area contributed by atoms with Gasteiger partial charge in [0.25, 0.3) is 0 Å². The molecule has 0 bridgehead atoms. The number of anilines is 3. The molecule has 0 spiro atoms. The molecule has 0 unspecified atom stereocenters. The average molecular weight is 714 g/mol. The molecule has 1 aromatic heterocycles. The van der Waals surface area contributed by atoms with Gasteiger partial charge < -0.3 is 9.32 Å². The Morgan fingerprint density at radius 2 is 0.875 bits per heavy atom. The molecule has 0 saturated carbocycles. The number of benzene rings is 10. The van der Waals surface area contributed by atoms with Crippen molar-refractivity contribution in [1.29, 1.82) is 0 Å². The Morgan fingerprint density at radius 1 is 0.304 bits per heavy atom. The third-order valence-corrected chi connectivity index (χ3v) is 11.3. The summed E-state index contributed by atoms with van der Waals surface area (Å²) < 4.78 is 7.16. The fourth-order valence-electron chi connectivity index (χ4n) is 8.49. The van der Waals surface area contributed by atoms with Gasteiger partial charge in [0.15, 0.2) is 5.58 Å². The van der Waals surface area contributed by atoms with E-state index in [1.807, 2.05) is 0 Å². The predicted molar refractivity (Wildman–Crippen MR) is 237 cm³/mol. The zero-order valence-corrected chi connectivity index (χ0v) is 30.6. The lowest BCUT2D eigenvalue weighted by Crippen LogP contribution is -2.10. The van der Waals surface area contributed by atoms with Crippen molar-refractivity contribution < 1.29 is 4.42 Å². The fraction of sp³-hybridized carbons (Fsp3) is 0. The first-order chi connectivity index (χ1) is 27.8. The highest BCUT2D eigenvalue weighted by Crippen LogP contribution is 2.47. The summed E-state index contributed by atoms with van der Waals surface area (Å²) in [5.41, 5.74) is 11.9. The van der Waals surface area contributed by atoms with Gasteiger partial charge in [0.1, 0.15) is 5.58 Å². The lowest BCUT2D eigenvalue weighted by Gasteiger charge is -2.26. The molecule has 0 aliphatic heterocycles. The molecule has 1 heterocycles. The summed E-state index contributed by atoms with van der Waals surface area (Å²) in [6.45, 7) is 0. The first-order valence-electron chi connectivity index (χ1n) is 19.2. The maximum absolute atomic E-state index is 7.16. The van der Waals surface area contributed by atoms with E-state index in [-0.39, 0.29) is 0 Å². The van der Waals surface area contributed by atoms with Crippen molar-refractivity contribution in [2.24, 2.45) is 0 Å². The van der Waals surface area contributed by atoms with Gasteiger partial charge in [0.05, 0.1) is 5.69 Å². The van der Waals surface area contributed by atoms with Gasteiger partial charge >= 0.3 is 0 Å². The van der Waals surface area contributed by atoms with Gasteiger partial charge in [0.2, 0.25) is 0 Å². The Balaban J connectivity index is 1.14. The van der Waals surface area contributed by atoms with Crippen LogP contribution < -0.4 is 4.90 Å². The average Bonchev–Trinajstić information content (AvgIpc) is 3.68. The van der Waals surface area contributed by atoms with Crippen molar-refractivity contribution in [2.45, 2.75) is 0 Å². The molecule has 2 nitrogen and oxygen atoms in total. The number of hydrogen-bond donors (Lipinski definition) is 0. The van der Waals surface area contributed by atoms with Crippen LogP contribution in [0.1, 0.15) is 0 Å². The second kappa shape index (κ2) is 13.2. The number of furan rings is 1. The van der Waals surface area contributed by atoms with Crippen LogP contribution in [0.25, 0.3) is 87.6 Å². The number of nitrogens with zero attached hydrogens (tertiary/aromatic N) is 1. The molecule has 0 atom stereocenters. The van der Waals surface area contributed by atoms with E-state index >= 15 is 0 Å². The highest BCUT2D eigenvalue weighted by atomic mass is 16.3.